The highest BCUT2D eigenvalue weighted by Crippen LogP contribution is 2.28. The zero-order chi connectivity index (χ0) is 26.3. The van der Waals surface area contributed by atoms with E-state index in [2.05, 4.69) is 15.3 Å². The van der Waals surface area contributed by atoms with Gasteiger partial charge < -0.3 is 19.9 Å². The molecule has 2 N–H and O–H groups in total. The first-order chi connectivity index (χ1) is 18.6. The fourth-order valence-electron chi connectivity index (χ4n) is 5.37. The number of nitrogens with one attached hydrogen (secondary N) is 2. The van der Waals surface area contributed by atoms with Crippen LogP contribution in [0.25, 0.3) is 10.9 Å². The smallest absolute Gasteiger partial charge is 0.247 e. The molecule has 0 unspecified atom stereocenters. The largest absolute Gasteiger partial charge is 0.497 e. The summed E-state index contributed by atoms with van der Waals surface area (Å²) in [5.74, 6) is 0.404. The van der Waals surface area contributed by atoms with E-state index in [0.29, 0.717) is 11.3 Å². The summed E-state index contributed by atoms with van der Waals surface area (Å²) in [5, 5.41) is 4.26. The van der Waals surface area contributed by atoms with Gasteiger partial charge in [0.1, 0.15) is 11.8 Å². The van der Waals surface area contributed by atoms with Gasteiger partial charge in [0, 0.05) is 47.6 Å². The molecule has 7 heteroatoms. The lowest BCUT2D eigenvalue weighted by Crippen LogP contribution is -2.47. The number of hydrogen-bond acceptors (Lipinski definition) is 4. The minimum absolute atomic E-state index is 0.123. The summed E-state index contributed by atoms with van der Waals surface area (Å²) in [6.07, 6.45) is 10.8. The van der Waals surface area contributed by atoms with Crippen LogP contribution in [0.1, 0.15) is 54.8 Å². The van der Waals surface area contributed by atoms with Crippen molar-refractivity contribution in [3.05, 3.63) is 95.9 Å². The van der Waals surface area contributed by atoms with Gasteiger partial charge in [-0.25, -0.2) is 0 Å². The highest BCUT2D eigenvalue weighted by molar-refractivity contribution is 5.92. The maximum Gasteiger partial charge on any atom is 0.247 e. The normalized spacial score (nSPS) is 14.7. The zero-order valence-corrected chi connectivity index (χ0v) is 21.7. The predicted molar refractivity (Wildman–Crippen MR) is 148 cm³/mol. The maximum absolute atomic E-state index is 14.1. The maximum atomic E-state index is 14.1. The van der Waals surface area contributed by atoms with Crippen molar-refractivity contribution < 1.29 is 14.3 Å². The van der Waals surface area contributed by atoms with Crippen molar-refractivity contribution in [3.63, 3.8) is 0 Å². The minimum atomic E-state index is -0.811. The second kappa shape index (κ2) is 11.9. The number of para-hydroxylation sites is 1. The van der Waals surface area contributed by atoms with Crippen LogP contribution in [0, 0.1) is 0 Å². The van der Waals surface area contributed by atoms with Crippen LogP contribution in [0.3, 0.4) is 0 Å². The third kappa shape index (κ3) is 5.88. The Hall–Kier alpha value is -4.13. The third-order valence-corrected chi connectivity index (χ3v) is 7.34. The number of fused-ring (bicyclic) bond motifs is 1. The number of ether oxygens (including phenoxy) is 1. The number of nitrogens with zero attached hydrogens (tertiary/aromatic N) is 2. The molecule has 2 amide bonds. The van der Waals surface area contributed by atoms with E-state index in [4.69, 9.17) is 4.74 Å². The molecule has 0 bridgehead atoms. The van der Waals surface area contributed by atoms with E-state index in [1.165, 1.54) is 6.42 Å². The Bertz CT molecular complexity index is 1380. The summed E-state index contributed by atoms with van der Waals surface area (Å²) in [4.78, 5) is 37.3. The van der Waals surface area contributed by atoms with Gasteiger partial charge in [-0.1, -0.05) is 55.7 Å². The van der Waals surface area contributed by atoms with E-state index in [0.717, 1.165) is 47.7 Å². The highest BCUT2D eigenvalue weighted by Gasteiger charge is 2.33. The SMILES string of the molecule is COc1cccc(CN(C(=O)Cc2c[nH]c3ccccc23)[C@H](C(=O)NC2CCCCC2)c2cccnc2)c1. The molecule has 1 saturated carbocycles. The topological polar surface area (TPSA) is 87.3 Å². The fourth-order valence-corrected chi connectivity index (χ4v) is 5.37. The fraction of sp³-hybridized carbons (Fsp3) is 0.323. The number of rotatable bonds is 9. The van der Waals surface area contributed by atoms with Crippen LogP contribution < -0.4 is 10.1 Å². The van der Waals surface area contributed by atoms with Crippen molar-refractivity contribution in [2.75, 3.05) is 7.11 Å². The second-order valence-electron chi connectivity index (χ2n) is 9.94. The van der Waals surface area contributed by atoms with Gasteiger partial charge in [0.25, 0.3) is 0 Å². The van der Waals surface area contributed by atoms with Crippen molar-refractivity contribution in [2.45, 2.75) is 57.2 Å². The second-order valence-corrected chi connectivity index (χ2v) is 9.94. The van der Waals surface area contributed by atoms with E-state index in [9.17, 15) is 9.59 Å². The van der Waals surface area contributed by atoms with Gasteiger partial charge in [-0.15, -0.1) is 0 Å². The first kappa shape index (κ1) is 25.5. The Labute approximate surface area is 223 Å². The lowest BCUT2D eigenvalue weighted by atomic mass is 9.94. The van der Waals surface area contributed by atoms with Gasteiger partial charge in [0.2, 0.25) is 11.8 Å². The van der Waals surface area contributed by atoms with Gasteiger partial charge in [-0.05, 0) is 48.2 Å². The van der Waals surface area contributed by atoms with Gasteiger partial charge >= 0.3 is 0 Å². The van der Waals surface area contributed by atoms with E-state index >= 15 is 0 Å². The van der Waals surface area contributed by atoms with Crippen LogP contribution >= 0.6 is 0 Å². The first-order valence-electron chi connectivity index (χ1n) is 13.3. The number of amides is 2. The Kier molecular flexibility index (Phi) is 8.02. The quantitative estimate of drug-likeness (QED) is 0.319. The minimum Gasteiger partial charge on any atom is -0.497 e. The molecule has 0 aliphatic heterocycles. The number of aromatic nitrogens is 2. The molecular formula is C31H34N4O3. The number of carbonyl (C=O) groups excluding carboxylic acids is 2. The monoisotopic (exact) mass is 510 g/mol. The molecule has 5 rings (SSSR count). The molecule has 0 saturated heterocycles. The number of hydrogen-bond donors (Lipinski definition) is 2. The van der Waals surface area contributed by atoms with Gasteiger partial charge in [-0.2, -0.15) is 0 Å². The summed E-state index contributed by atoms with van der Waals surface area (Å²) in [6.45, 7) is 0.260. The predicted octanol–water partition coefficient (Wildman–Crippen LogP) is 5.33. The summed E-state index contributed by atoms with van der Waals surface area (Å²) in [5.41, 5.74) is 3.46. The summed E-state index contributed by atoms with van der Waals surface area (Å²) in [6, 6.07) is 18.6. The molecule has 4 aromatic rings. The molecule has 2 aromatic heterocycles. The Morgan fingerprint density at radius 1 is 1.08 bits per heavy atom. The lowest BCUT2D eigenvalue weighted by Gasteiger charge is -2.33. The van der Waals surface area contributed by atoms with Gasteiger partial charge in [-0.3, -0.25) is 14.6 Å². The van der Waals surface area contributed by atoms with Crippen LogP contribution in [0.2, 0.25) is 0 Å². The standard InChI is InChI=1S/C31H34N4O3/c1-38-26-13-7-9-22(17-26)21-35(29(36)18-24-20-33-28-15-6-5-14-27(24)28)30(23-10-8-16-32-19-23)31(37)34-25-11-3-2-4-12-25/h5-10,13-17,19-20,25,30,33H,2-4,11-12,18,21H2,1H3,(H,34,37)/t30-/m0/s1. The molecule has 0 radical (unpaired) electrons. The van der Waals surface area contributed by atoms with E-state index < -0.39 is 6.04 Å². The molecule has 1 fully saturated rings. The number of benzene rings is 2. The Morgan fingerprint density at radius 3 is 2.71 bits per heavy atom. The third-order valence-electron chi connectivity index (χ3n) is 7.34. The van der Waals surface area contributed by atoms with E-state index in [1.807, 2.05) is 66.9 Å². The Balaban J connectivity index is 1.51. The van der Waals surface area contributed by atoms with Crippen molar-refractivity contribution in [2.24, 2.45) is 0 Å². The lowest BCUT2D eigenvalue weighted by molar-refractivity contribution is -0.141. The van der Waals surface area contributed by atoms with E-state index in [1.54, 1.807) is 24.4 Å². The molecular weight excluding hydrogens is 476 g/mol. The number of H-pyrrole nitrogens is 1. The molecule has 2 aromatic carbocycles. The number of aromatic amines is 1. The van der Waals surface area contributed by atoms with Gasteiger partial charge in [0.15, 0.2) is 0 Å². The molecule has 1 atom stereocenters. The molecule has 38 heavy (non-hydrogen) atoms. The average molecular weight is 511 g/mol. The number of carbonyl (C=O) groups is 2. The molecule has 7 nitrogen and oxygen atoms in total. The first-order valence-corrected chi connectivity index (χ1v) is 13.3. The summed E-state index contributed by atoms with van der Waals surface area (Å²) in [7, 11) is 1.62. The van der Waals surface area contributed by atoms with Crippen LogP contribution in [-0.4, -0.2) is 39.8 Å². The van der Waals surface area contributed by atoms with Crippen LogP contribution in [0.4, 0.5) is 0 Å². The summed E-state index contributed by atoms with van der Waals surface area (Å²) >= 11 is 0. The van der Waals surface area contributed by atoms with Crippen LogP contribution in [-0.2, 0) is 22.6 Å². The van der Waals surface area contributed by atoms with E-state index in [-0.39, 0.29) is 30.8 Å². The molecule has 196 valence electrons. The van der Waals surface area contributed by atoms with Crippen LogP contribution in [0.5, 0.6) is 5.75 Å². The van der Waals surface area contributed by atoms with Crippen molar-refractivity contribution in [1.82, 2.24) is 20.2 Å². The Morgan fingerprint density at radius 2 is 1.92 bits per heavy atom. The molecule has 2 heterocycles. The van der Waals surface area contributed by atoms with Crippen molar-refractivity contribution in [3.8, 4) is 5.75 Å². The van der Waals surface area contributed by atoms with Gasteiger partial charge in [0.05, 0.1) is 13.5 Å². The van der Waals surface area contributed by atoms with Crippen LogP contribution in [0.15, 0.2) is 79.3 Å². The molecule has 1 aliphatic carbocycles. The highest BCUT2D eigenvalue weighted by atomic mass is 16.5. The zero-order valence-electron chi connectivity index (χ0n) is 21.7. The summed E-state index contributed by atoms with van der Waals surface area (Å²) < 4.78 is 5.43. The number of pyridine rings is 1. The average Bonchev–Trinajstić information content (AvgIpc) is 3.36. The molecule has 0 spiro atoms. The van der Waals surface area contributed by atoms with Crippen molar-refractivity contribution in [1.29, 1.82) is 0 Å². The number of methoxy groups -OCH3 is 1. The molecule has 1 aliphatic rings. The van der Waals surface area contributed by atoms with Crippen molar-refractivity contribution >= 4 is 22.7 Å².